The first-order valence-electron chi connectivity index (χ1n) is 8.85. The summed E-state index contributed by atoms with van der Waals surface area (Å²) < 4.78 is 5.59. The quantitative estimate of drug-likeness (QED) is 0.768. The summed E-state index contributed by atoms with van der Waals surface area (Å²) in [7, 11) is 0. The van der Waals surface area contributed by atoms with E-state index in [1.54, 1.807) is 12.1 Å². The summed E-state index contributed by atoms with van der Waals surface area (Å²) in [6, 6.07) is 14.7. The van der Waals surface area contributed by atoms with Gasteiger partial charge in [-0.2, -0.15) is 0 Å². The Kier molecular flexibility index (Phi) is 4.98. The number of ether oxygens (including phenoxy) is 1. The molecule has 26 heavy (non-hydrogen) atoms. The van der Waals surface area contributed by atoms with Crippen LogP contribution in [0.5, 0.6) is 5.75 Å². The average Bonchev–Trinajstić information content (AvgIpc) is 3.40. The zero-order valence-corrected chi connectivity index (χ0v) is 15.3. The van der Waals surface area contributed by atoms with Crippen LogP contribution in [0, 0.1) is 12.3 Å². The third kappa shape index (κ3) is 4.04. The number of carbonyl (C=O) groups excluding carboxylic acids is 2. The molecule has 0 unspecified atom stereocenters. The molecule has 0 heterocycles. The highest BCUT2D eigenvalue weighted by atomic mass is 16.5. The van der Waals surface area contributed by atoms with Crippen molar-refractivity contribution in [2.75, 3.05) is 10.6 Å². The van der Waals surface area contributed by atoms with E-state index >= 15 is 0 Å². The molecule has 0 radical (unpaired) electrons. The van der Waals surface area contributed by atoms with E-state index < -0.39 is 5.41 Å². The Morgan fingerprint density at radius 2 is 1.35 bits per heavy atom. The van der Waals surface area contributed by atoms with Crippen molar-refractivity contribution in [3.63, 3.8) is 0 Å². The summed E-state index contributed by atoms with van der Waals surface area (Å²) in [5, 5.41) is 5.70. The number of carbonyl (C=O) groups is 2. The van der Waals surface area contributed by atoms with Crippen LogP contribution in [0.1, 0.15) is 32.3 Å². The molecule has 1 fully saturated rings. The number of amides is 2. The summed E-state index contributed by atoms with van der Waals surface area (Å²) in [5.74, 6) is 0.231. The highest BCUT2D eigenvalue weighted by Gasteiger charge is 2.56. The molecule has 2 amide bonds. The molecular formula is C21H24N2O3. The molecule has 0 spiro atoms. The van der Waals surface area contributed by atoms with E-state index in [0.717, 1.165) is 11.3 Å². The number of nitrogens with one attached hydrogen (secondary N) is 2. The van der Waals surface area contributed by atoms with E-state index in [1.807, 2.05) is 57.2 Å². The molecule has 136 valence electrons. The second-order valence-electron chi connectivity index (χ2n) is 7.05. The number of rotatable bonds is 6. The first-order chi connectivity index (χ1) is 12.4. The van der Waals surface area contributed by atoms with Crippen molar-refractivity contribution in [3.8, 4) is 5.75 Å². The smallest absolute Gasteiger partial charge is 0.240 e. The molecule has 0 saturated heterocycles. The molecule has 0 aliphatic heterocycles. The first-order valence-corrected chi connectivity index (χ1v) is 8.85. The minimum atomic E-state index is -0.974. The van der Waals surface area contributed by atoms with Gasteiger partial charge in [0.1, 0.15) is 11.2 Å². The fourth-order valence-electron chi connectivity index (χ4n) is 2.71. The minimum absolute atomic E-state index is 0.0932. The second-order valence-corrected chi connectivity index (χ2v) is 7.05. The summed E-state index contributed by atoms with van der Waals surface area (Å²) >= 11 is 0. The van der Waals surface area contributed by atoms with E-state index in [4.69, 9.17) is 4.74 Å². The molecule has 5 heteroatoms. The third-order valence-corrected chi connectivity index (χ3v) is 4.41. The van der Waals surface area contributed by atoms with Gasteiger partial charge in [0.2, 0.25) is 11.8 Å². The van der Waals surface area contributed by atoms with Gasteiger partial charge in [0.15, 0.2) is 0 Å². The second kappa shape index (κ2) is 7.20. The monoisotopic (exact) mass is 352 g/mol. The van der Waals surface area contributed by atoms with Gasteiger partial charge < -0.3 is 15.4 Å². The van der Waals surface area contributed by atoms with Crippen molar-refractivity contribution in [2.45, 2.75) is 39.7 Å². The lowest BCUT2D eigenvalue weighted by atomic mass is 10.0. The van der Waals surface area contributed by atoms with E-state index in [-0.39, 0.29) is 17.9 Å². The zero-order valence-electron chi connectivity index (χ0n) is 15.3. The van der Waals surface area contributed by atoms with Crippen LogP contribution in [0.15, 0.2) is 48.5 Å². The third-order valence-electron chi connectivity index (χ3n) is 4.41. The number of aryl methyl sites for hydroxylation is 1. The average molecular weight is 352 g/mol. The minimum Gasteiger partial charge on any atom is -0.491 e. The molecule has 0 bridgehead atoms. The van der Waals surface area contributed by atoms with Crippen LogP contribution in [0.25, 0.3) is 0 Å². The van der Waals surface area contributed by atoms with E-state index in [2.05, 4.69) is 10.6 Å². The van der Waals surface area contributed by atoms with Crippen molar-refractivity contribution < 1.29 is 14.3 Å². The fraction of sp³-hybridized carbons (Fsp3) is 0.333. The van der Waals surface area contributed by atoms with Gasteiger partial charge in [-0.05, 0) is 70.0 Å². The molecule has 2 aromatic rings. The summed E-state index contributed by atoms with van der Waals surface area (Å²) in [5.41, 5.74) is 1.50. The Hall–Kier alpha value is -2.82. The molecule has 2 N–H and O–H groups in total. The highest BCUT2D eigenvalue weighted by Crippen LogP contribution is 2.47. The van der Waals surface area contributed by atoms with Gasteiger partial charge in [0, 0.05) is 11.4 Å². The zero-order chi connectivity index (χ0) is 18.7. The van der Waals surface area contributed by atoms with Crippen molar-refractivity contribution in [2.24, 2.45) is 5.41 Å². The van der Waals surface area contributed by atoms with Gasteiger partial charge in [0.25, 0.3) is 0 Å². The van der Waals surface area contributed by atoms with Crippen molar-refractivity contribution >= 4 is 23.2 Å². The van der Waals surface area contributed by atoms with Crippen LogP contribution in [-0.2, 0) is 9.59 Å². The lowest BCUT2D eigenvalue weighted by Crippen LogP contribution is -2.35. The summed E-state index contributed by atoms with van der Waals surface area (Å²) in [6.07, 6.45) is 1.21. The van der Waals surface area contributed by atoms with Gasteiger partial charge in [0.05, 0.1) is 6.10 Å². The standard InChI is InChI=1S/C21H24N2O3/c1-14(2)26-18-10-8-17(9-11-18)23-20(25)21(12-13-21)19(24)22-16-6-4-15(3)5-7-16/h4-11,14H,12-13H2,1-3H3,(H,22,24)(H,23,25). The lowest BCUT2D eigenvalue weighted by molar-refractivity contribution is -0.131. The molecule has 0 atom stereocenters. The molecule has 5 nitrogen and oxygen atoms in total. The van der Waals surface area contributed by atoms with Crippen molar-refractivity contribution in [1.82, 2.24) is 0 Å². The number of anilines is 2. The van der Waals surface area contributed by atoms with Crippen LogP contribution < -0.4 is 15.4 Å². The van der Waals surface area contributed by atoms with Crippen molar-refractivity contribution in [1.29, 1.82) is 0 Å². The number of benzene rings is 2. The topological polar surface area (TPSA) is 67.4 Å². The molecule has 1 aliphatic carbocycles. The van der Waals surface area contributed by atoms with Gasteiger partial charge in [-0.25, -0.2) is 0 Å². The van der Waals surface area contributed by atoms with E-state index in [9.17, 15) is 9.59 Å². The summed E-state index contributed by atoms with van der Waals surface area (Å²) in [4.78, 5) is 25.2. The van der Waals surface area contributed by atoms with Gasteiger partial charge in [-0.1, -0.05) is 17.7 Å². The maximum absolute atomic E-state index is 12.6. The predicted molar refractivity (Wildman–Crippen MR) is 102 cm³/mol. The molecular weight excluding hydrogens is 328 g/mol. The van der Waals surface area contributed by atoms with Gasteiger partial charge in [-0.15, -0.1) is 0 Å². The Morgan fingerprint density at radius 1 is 0.885 bits per heavy atom. The molecule has 3 rings (SSSR count). The van der Waals surface area contributed by atoms with Gasteiger partial charge >= 0.3 is 0 Å². The Balaban J connectivity index is 1.63. The molecule has 1 aliphatic rings. The number of hydrogen-bond donors (Lipinski definition) is 2. The SMILES string of the molecule is Cc1ccc(NC(=O)C2(C(=O)Nc3ccc(OC(C)C)cc3)CC2)cc1. The first kappa shape index (κ1) is 18.0. The van der Waals surface area contributed by atoms with Crippen LogP contribution in [0.4, 0.5) is 11.4 Å². The Labute approximate surface area is 153 Å². The predicted octanol–water partition coefficient (Wildman–Crippen LogP) is 4.14. The van der Waals surface area contributed by atoms with E-state index in [1.165, 1.54) is 0 Å². The Bertz CT molecular complexity index is 791. The van der Waals surface area contributed by atoms with Gasteiger partial charge in [-0.3, -0.25) is 9.59 Å². The Morgan fingerprint density at radius 3 is 1.77 bits per heavy atom. The molecule has 0 aromatic heterocycles. The number of hydrogen-bond acceptors (Lipinski definition) is 3. The largest absolute Gasteiger partial charge is 0.491 e. The van der Waals surface area contributed by atoms with Crippen LogP contribution in [0.3, 0.4) is 0 Å². The summed E-state index contributed by atoms with van der Waals surface area (Å²) in [6.45, 7) is 5.90. The van der Waals surface area contributed by atoms with Crippen LogP contribution >= 0.6 is 0 Å². The molecule has 1 saturated carbocycles. The van der Waals surface area contributed by atoms with Crippen molar-refractivity contribution in [3.05, 3.63) is 54.1 Å². The molecule has 2 aromatic carbocycles. The lowest BCUT2D eigenvalue weighted by Gasteiger charge is -2.16. The van der Waals surface area contributed by atoms with Crippen LogP contribution in [-0.4, -0.2) is 17.9 Å². The fourth-order valence-corrected chi connectivity index (χ4v) is 2.71. The maximum atomic E-state index is 12.6. The van der Waals surface area contributed by atoms with Crippen LogP contribution in [0.2, 0.25) is 0 Å². The highest BCUT2D eigenvalue weighted by molar-refractivity contribution is 6.16. The maximum Gasteiger partial charge on any atom is 0.240 e. The van der Waals surface area contributed by atoms with E-state index in [0.29, 0.717) is 24.2 Å². The normalized spacial score (nSPS) is 14.6.